The van der Waals surface area contributed by atoms with Crippen molar-refractivity contribution >= 4 is 0 Å². The van der Waals surface area contributed by atoms with Gasteiger partial charge in [-0.2, -0.15) is 26.3 Å². The van der Waals surface area contributed by atoms with Crippen molar-refractivity contribution in [3.05, 3.63) is 47.5 Å². The first kappa shape index (κ1) is 17.6. The van der Waals surface area contributed by atoms with Crippen LogP contribution in [0.3, 0.4) is 0 Å². The maximum atomic E-state index is 14.3. The van der Waals surface area contributed by atoms with Crippen LogP contribution in [0.15, 0.2) is 46.1 Å². The van der Waals surface area contributed by atoms with Gasteiger partial charge in [0.2, 0.25) is 0 Å². The third-order valence-electron chi connectivity index (χ3n) is 3.79. The zero-order valence-electron chi connectivity index (χ0n) is 12.1. The van der Waals surface area contributed by atoms with Crippen molar-refractivity contribution in [2.75, 3.05) is 0 Å². The molecule has 0 fully saturated rings. The summed E-state index contributed by atoms with van der Waals surface area (Å²) in [5, 5.41) is 0. The molecule has 1 aromatic heterocycles. The Bertz CT molecular complexity index is 620. The summed E-state index contributed by atoms with van der Waals surface area (Å²) < 4.78 is 96.9. The van der Waals surface area contributed by atoms with Crippen LogP contribution in [0.2, 0.25) is 0 Å². The number of hydrogen-bond acceptors (Lipinski definition) is 1. The number of hydrogen-bond donors (Lipinski definition) is 0. The van der Waals surface area contributed by atoms with E-state index in [-0.39, 0.29) is 17.8 Å². The summed E-state index contributed by atoms with van der Waals surface area (Å²) >= 11 is 0. The molecule has 1 nitrogen and oxygen atoms in total. The zero-order valence-corrected chi connectivity index (χ0v) is 12.1. The summed E-state index contributed by atoms with van der Waals surface area (Å²) in [6.45, 7) is 2.75. The lowest BCUT2D eigenvalue weighted by Crippen LogP contribution is -2.55. The normalized spacial score (nSPS) is 23.5. The monoisotopic (exact) mass is 342 g/mol. The Hall–Kier alpha value is -1.73. The van der Waals surface area contributed by atoms with Crippen molar-refractivity contribution in [2.45, 2.75) is 43.7 Å². The Morgan fingerprint density at radius 3 is 2.04 bits per heavy atom. The molecular weight excluding hydrogens is 329 g/mol. The van der Waals surface area contributed by atoms with E-state index in [1.165, 1.54) is 32.2 Å². The van der Waals surface area contributed by atoms with Crippen molar-refractivity contribution in [3.63, 3.8) is 0 Å². The third-order valence-corrected chi connectivity index (χ3v) is 3.79. The summed E-state index contributed by atoms with van der Waals surface area (Å²) in [4.78, 5) is 0. The molecule has 0 N–H and O–H groups in total. The Morgan fingerprint density at radius 2 is 1.61 bits per heavy atom. The van der Waals surface area contributed by atoms with Crippen molar-refractivity contribution in [1.29, 1.82) is 0 Å². The Morgan fingerprint density at radius 1 is 1.04 bits per heavy atom. The van der Waals surface area contributed by atoms with Crippen LogP contribution in [-0.4, -0.2) is 18.0 Å². The predicted octanol–water partition coefficient (Wildman–Crippen LogP) is 5.65. The molecule has 1 aliphatic rings. The van der Waals surface area contributed by atoms with Gasteiger partial charge in [0.25, 0.3) is 0 Å². The molecule has 1 aliphatic carbocycles. The molecule has 0 saturated heterocycles. The van der Waals surface area contributed by atoms with E-state index < -0.39 is 29.0 Å². The summed E-state index contributed by atoms with van der Waals surface area (Å²) in [5.74, 6) is 0.161. The minimum atomic E-state index is -6.13. The average Bonchev–Trinajstić information content (AvgIpc) is 2.88. The molecular formula is C15H13F7O. The molecule has 23 heavy (non-hydrogen) atoms. The van der Waals surface area contributed by atoms with Gasteiger partial charge in [0.1, 0.15) is 5.76 Å². The van der Waals surface area contributed by atoms with Crippen molar-refractivity contribution in [2.24, 2.45) is 0 Å². The number of allylic oxidation sites excluding steroid dienone is 4. The van der Waals surface area contributed by atoms with Gasteiger partial charge in [-0.15, -0.1) is 0 Å². The molecule has 1 unspecified atom stereocenters. The van der Waals surface area contributed by atoms with Crippen molar-refractivity contribution in [1.82, 2.24) is 0 Å². The molecule has 1 heterocycles. The van der Waals surface area contributed by atoms with Gasteiger partial charge < -0.3 is 4.42 Å². The first-order valence-corrected chi connectivity index (χ1v) is 6.58. The van der Waals surface area contributed by atoms with E-state index in [4.69, 9.17) is 4.42 Å². The van der Waals surface area contributed by atoms with E-state index in [1.54, 1.807) is 0 Å². The summed E-state index contributed by atoms with van der Waals surface area (Å²) in [6.07, 6.45) is -9.64. The third kappa shape index (κ3) is 2.79. The van der Waals surface area contributed by atoms with Crippen LogP contribution in [0.5, 0.6) is 0 Å². The number of rotatable bonds is 2. The fraction of sp³-hybridized carbons (Fsp3) is 0.467. The highest BCUT2D eigenvalue weighted by molar-refractivity contribution is 5.44. The van der Waals surface area contributed by atoms with Gasteiger partial charge in [0, 0.05) is 11.0 Å². The van der Waals surface area contributed by atoms with Gasteiger partial charge in [0.05, 0.1) is 6.26 Å². The van der Waals surface area contributed by atoms with Gasteiger partial charge in [-0.25, -0.2) is 4.39 Å². The second kappa shape index (κ2) is 5.14. The standard InChI is InChI=1S/C15H13F7O/c1-9-6-10(13(16,14(17,18)19)15(20,21)22)8-12(2,7-9)11-4-3-5-23-11/h3-6,8H,7H2,1-2H3. The first-order valence-electron chi connectivity index (χ1n) is 6.58. The molecule has 128 valence electrons. The highest BCUT2D eigenvalue weighted by Crippen LogP contribution is 2.53. The van der Waals surface area contributed by atoms with Gasteiger partial charge in [0.15, 0.2) is 0 Å². The smallest absolute Gasteiger partial charge is 0.435 e. The molecule has 1 atom stereocenters. The van der Waals surface area contributed by atoms with E-state index in [2.05, 4.69) is 0 Å². The highest BCUT2D eigenvalue weighted by Gasteiger charge is 2.74. The Kier molecular flexibility index (Phi) is 3.94. The van der Waals surface area contributed by atoms with Crippen LogP contribution in [0, 0.1) is 0 Å². The van der Waals surface area contributed by atoms with E-state index >= 15 is 0 Å². The number of alkyl halides is 7. The maximum absolute atomic E-state index is 14.3. The van der Waals surface area contributed by atoms with Gasteiger partial charge >= 0.3 is 18.0 Å². The molecule has 2 rings (SSSR count). The molecule has 0 radical (unpaired) electrons. The van der Waals surface area contributed by atoms with E-state index in [1.807, 2.05) is 0 Å². The molecule has 8 heteroatoms. The summed E-state index contributed by atoms with van der Waals surface area (Å²) in [7, 11) is 0. The Labute approximate surface area is 127 Å². The van der Waals surface area contributed by atoms with Crippen LogP contribution in [-0.2, 0) is 5.41 Å². The van der Waals surface area contributed by atoms with Gasteiger partial charge in [-0.3, -0.25) is 0 Å². The minimum Gasteiger partial charge on any atom is -0.468 e. The van der Waals surface area contributed by atoms with Crippen LogP contribution >= 0.6 is 0 Å². The lowest BCUT2D eigenvalue weighted by Gasteiger charge is -2.36. The average molecular weight is 342 g/mol. The van der Waals surface area contributed by atoms with Crippen LogP contribution < -0.4 is 0 Å². The molecule has 0 aliphatic heterocycles. The van der Waals surface area contributed by atoms with Gasteiger partial charge in [-0.1, -0.05) is 17.7 Å². The topological polar surface area (TPSA) is 13.1 Å². The fourth-order valence-electron chi connectivity index (χ4n) is 2.78. The molecule has 0 bridgehead atoms. The quantitative estimate of drug-likeness (QED) is 0.633. The molecule has 0 amide bonds. The highest BCUT2D eigenvalue weighted by atomic mass is 19.4. The zero-order chi connectivity index (χ0) is 17.7. The van der Waals surface area contributed by atoms with Crippen LogP contribution in [0.1, 0.15) is 26.0 Å². The second-order valence-corrected chi connectivity index (χ2v) is 5.82. The molecule has 0 saturated carbocycles. The largest absolute Gasteiger partial charge is 0.468 e. The van der Waals surface area contributed by atoms with Gasteiger partial charge in [-0.05, 0) is 32.4 Å². The van der Waals surface area contributed by atoms with Crippen molar-refractivity contribution in [3.8, 4) is 0 Å². The van der Waals surface area contributed by atoms with E-state index in [0.717, 1.165) is 0 Å². The molecule has 1 aromatic rings. The van der Waals surface area contributed by atoms with E-state index in [0.29, 0.717) is 12.2 Å². The molecule has 0 spiro atoms. The fourth-order valence-corrected chi connectivity index (χ4v) is 2.78. The number of furan rings is 1. The molecule has 0 aromatic carbocycles. The van der Waals surface area contributed by atoms with E-state index in [9.17, 15) is 30.7 Å². The summed E-state index contributed by atoms with van der Waals surface area (Å²) in [6, 6.07) is 2.88. The minimum absolute atomic E-state index is 0.121. The maximum Gasteiger partial charge on any atom is 0.435 e. The SMILES string of the molecule is CC1=CC(C(F)(C(F)(F)F)C(F)(F)F)=CC(C)(c2ccco2)C1. The first-order chi connectivity index (χ1) is 10.3. The predicted molar refractivity (Wildman–Crippen MR) is 68.5 cm³/mol. The van der Waals surface area contributed by atoms with Crippen molar-refractivity contribution < 1.29 is 35.2 Å². The van der Waals surface area contributed by atoms with Crippen LogP contribution in [0.4, 0.5) is 30.7 Å². The number of halogens is 7. The summed E-state index contributed by atoms with van der Waals surface area (Å²) in [5.41, 5.74) is -8.02. The second-order valence-electron chi connectivity index (χ2n) is 5.82. The lowest BCUT2D eigenvalue weighted by atomic mass is 9.73. The van der Waals surface area contributed by atoms with Crippen LogP contribution in [0.25, 0.3) is 0 Å². The lowest BCUT2D eigenvalue weighted by molar-refractivity contribution is -0.325. The Balaban J connectivity index is 2.66.